The molecule has 1 aliphatic rings. The Kier molecular flexibility index (Phi) is 6.20. The molecule has 4 aromatic rings. The van der Waals surface area contributed by atoms with Gasteiger partial charge in [0.25, 0.3) is 5.91 Å². The van der Waals surface area contributed by atoms with Gasteiger partial charge in [-0.05, 0) is 65.2 Å². The highest BCUT2D eigenvalue weighted by atomic mass is 79.9. The van der Waals surface area contributed by atoms with Crippen LogP contribution in [-0.2, 0) is 6.54 Å². The fraction of sp³-hybridized carbons (Fsp3) is 0.240. The van der Waals surface area contributed by atoms with Crippen molar-refractivity contribution in [3.05, 3.63) is 88.7 Å². The van der Waals surface area contributed by atoms with Crippen molar-refractivity contribution in [3.63, 3.8) is 0 Å². The molecule has 1 aromatic carbocycles. The van der Waals surface area contributed by atoms with Crippen LogP contribution in [0.4, 0.5) is 4.39 Å². The predicted octanol–water partition coefficient (Wildman–Crippen LogP) is 4.69. The predicted molar refractivity (Wildman–Crippen MR) is 128 cm³/mol. The molecule has 0 atom stereocenters. The minimum absolute atomic E-state index is 0.126. The maximum atomic E-state index is 13.4. The van der Waals surface area contributed by atoms with Crippen molar-refractivity contribution in [1.82, 2.24) is 24.6 Å². The first-order valence-corrected chi connectivity index (χ1v) is 11.7. The van der Waals surface area contributed by atoms with E-state index in [4.69, 9.17) is 4.98 Å². The third-order valence-corrected chi connectivity index (χ3v) is 6.82. The van der Waals surface area contributed by atoms with Crippen LogP contribution in [0.3, 0.4) is 0 Å². The van der Waals surface area contributed by atoms with Crippen molar-refractivity contribution >= 4 is 27.5 Å². The van der Waals surface area contributed by atoms with Gasteiger partial charge in [0.05, 0.1) is 17.0 Å². The van der Waals surface area contributed by atoms with E-state index in [-0.39, 0.29) is 17.8 Å². The summed E-state index contributed by atoms with van der Waals surface area (Å²) in [4.78, 5) is 24.1. The first-order chi connectivity index (χ1) is 16.1. The Morgan fingerprint density at radius 2 is 1.97 bits per heavy atom. The lowest BCUT2D eigenvalue weighted by Gasteiger charge is -2.32. The molecule has 1 saturated heterocycles. The molecule has 8 heteroatoms. The zero-order valence-electron chi connectivity index (χ0n) is 17.9. The van der Waals surface area contributed by atoms with Crippen LogP contribution in [0.15, 0.2) is 71.6 Å². The van der Waals surface area contributed by atoms with Gasteiger partial charge in [-0.1, -0.05) is 18.2 Å². The van der Waals surface area contributed by atoms with Crippen molar-refractivity contribution in [2.24, 2.45) is 0 Å². The fourth-order valence-corrected chi connectivity index (χ4v) is 4.69. The quantitative estimate of drug-likeness (QED) is 0.425. The van der Waals surface area contributed by atoms with Crippen LogP contribution >= 0.6 is 15.9 Å². The van der Waals surface area contributed by atoms with Crippen LogP contribution in [0.25, 0.3) is 16.9 Å². The monoisotopic (exact) mass is 507 g/mol. The zero-order valence-corrected chi connectivity index (χ0v) is 19.5. The van der Waals surface area contributed by atoms with Crippen molar-refractivity contribution in [2.45, 2.75) is 25.4 Å². The van der Waals surface area contributed by atoms with Crippen molar-refractivity contribution in [1.29, 1.82) is 0 Å². The van der Waals surface area contributed by atoms with E-state index in [9.17, 15) is 9.18 Å². The Bertz CT molecular complexity index is 1280. The van der Waals surface area contributed by atoms with Gasteiger partial charge in [0.2, 0.25) is 0 Å². The number of halogens is 2. The second-order valence-electron chi connectivity index (χ2n) is 8.24. The van der Waals surface area contributed by atoms with E-state index < -0.39 is 0 Å². The summed E-state index contributed by atoms with van der Waals surface area (Å²) in [6.07, 6.45) is 5.31. The molecule has 0 unspecified atom stereocenters. The summed E-state index contributed by atoms with van der Waals surface area (Å²) in [6.45, 7) is 2.55. The summed E-state index contributed by atoms with van der Waals surface area (Å²) >= 11 is 3.66. The number of aromatic nitrogens is 3. The van der Waals surface area contributed by atoms with Gasteiger partial charge in [-0.2, -0.15) is 0 Å². The lowest BCUT2D eigenvalue weighted by atomic mass is 10.0. The van der Waals surface area contributed by atoms with E-state index in [1.807, 2.05) is 28.8 Å². The van der Waals surface area contributed by atoms with E-state index in [0.717, 1.165) is 48.4 Å². The van der Waals surface area contributed by atoms with Crippen LogP contribution in [0.1, 0.15) is 28.9 Å². The number of nitrogens with one attached hydrogen (secondary N) is 1. The molecule has 0 radical (unpaired) electrons. The zero-order chi connectivity index (χ0) is 22.8. The molecule has 0 bridgehead atoms. The van der Waals surface area contributed by atoms with Crippen LogP contribution < -0.4 is 5.32 Å². The number of fused-ring (bicyclic) bond motifs is 1. The minimum atomic E-state index is -0.309. The molecule has 0 saturated carbocycles. The standard InChI is InChI=1S/C25H23BrFN5O/c26-24-22(30-23-6-1-2-11-32(23)24)16-31-12-9-20(10-13-31)29-25(33)18-7-8-21(28-15-18)17-4-3-5-19(27)14-17/h1-8,11,14-15,20H,9-10,12-13,16H2,(H,29,33). The molecule has 0 aliphatic carbocycles. The second-order valence-corrected chi connectivity index (χ2v) is 9.00. The number of amides is 1. The molecule has 3 aromatic heterocycles. The Balaban J connectivity index is 1.15. The minimum Gasteiger partial charge on any atom is -0.349 e. The summed E-state index contributed by atoms with van der Waals surface area (Å²) in [6, 6.07) is 15.8. The molecular formula is C25H23BrFN5O. The topological polar surface area (TPSA) is 62.5 Å². The number of hydrogen-bond donors (Lipinski definition) is 1. The van der Waals surface area contributed by atoms with Crippen molar-refractivity contribution in [2.75, 3.05) is 13.1 Å². The maximum Gasteiger partial charge on any atom is 0.253 e. The number of rotatable bonds is 5. The highest BCUT2D eigenvalue weighted by Gasteiger charge is 2.23. The second kappa shape index (κ2) is 9.41. The van der Waals surface area contributed by atoms with E-state index in [2.05, 4.69) is 31.1 Å². The maximum absolute atomic E-state index is 13.4. The average molecular weight is 508 g/mol. The van der Waals surface area contributed by atoms with Gasteiger partial charge in [0.15, 0.2) is 0 Å². The number of piperidine rings is 1. The molecule has 33 heavy (non-hydrogen) atoms. The molecule has 5 rings (SSSR count). The number of hydrogen-bond acceptors (Lipinski definition) is 4. The van der Waals surface area contributed by atoms with E-state index in [1.165, 1.54) is 12.1 Å². The Labute approximate surface area is 199 Å². The van der Waals surface area contributed by atoms with Crippen molar-refractivity contribution in [3.8, 4) is 11.3 Å². The summed E-state index contributed by atoms with van der Waals surface area (Å²) in [7, 11) is 0. The average Bonchev–Trinajstić information content (AvgIpc) is 3.15. The molecule has 0 spiro atoms. The smallest absolute Gasteiger partial charge is 0.253 e. The van der Waals surface area contributed by atoms with Crippen LogP contribution in [0, 0.1) is 5.82 Å². The van der Waals surface area contributed by atoms with Gasteiger partial charge in [-0.25, -0.2) is 9.37 Å². The first kappa shape index (κ1) is 21.7. The van der Waals surface area contributed by atoms with Crippen molar-refractivity contribution < 1.29 is 9.18 Å². The lowest BCUT2D eigenvalue weighted by Crippen LogP contribution is -2.44. The van der Waals surface area contributed by atoms with E-state index in [0.29, 0.717) is 16.8 Å². The number of pyridine rings is 2. The summed E-state index contributed by atoms with van der Waals surface area (Å²) in [5, 5.41) is 3.13. The highest BCUT2D eigenvalue weighted by molar-refractivity contribution is 9.10. The number of likely N-dealkylation sites (tertiary alicyclic amines) is 1. The number of carbonyl (C=O) groups is 1. The molecule has 4 heterocycles. The van der Waals surface area contributed by atoms with Gasteiger partial charge in [0, 0.05) is 43.6 Å². The number of benzene rings is 1. The molecule has 1 fully saturated rings. The van der Waals surface area contributed by atoms with Crippen LogP contribution in [-0.4, -0.2) is 44.3 Å². The molecule has 1 aliphatic heterocycles. The molecule has 6 nitrogen and oxygen atoms in total. The molecule has 168 valence electrons. The third kappa shape index (κ3) is 4.82. The van der Waals surface area contributed by atoms with E-state index in [1.54, 1.807) is 30.5 Å². The van der Waals surface area contributed by atoms with Gasteiger partial charge < -0.3 is 5.32 Å². The summed E-state index contributed by atoms with van der Waals surface area (Å²) in [5.41, 5.74) is 3.78. The number of imidazole rings is 1. The highest BCUT2D eigenvalue weighted by Crippen LogP contribution is 2.22. The largest absolute Gasteiger partial charge is 0.349 e. The molecule has 1 N–H and O–H groups in total. The Morgan fingerprint density at radius 1 is 1.12 bits per heavy atom. The molecule has 1 amide bonds. The lowest BCUT2D eigenvalue weighted by molar-refractivity contribution is 0.0908. The van der Waals surface area contributed by atoms with Crippen LogP contribution in [0.5, 0.6) is 0 Å². The third-order valence-electron chi connectivity index (χ3n) is 5.98. The summed E-state index contributed by atoms with van der Waals surface area (Å²) in [5.74, 6) is -0.439. The van der Waals surface area contributed by atoms with Gasteiger partial charge in [-0.15, -0.1) is 0 Å². The number of carbonyl (C=O) groups excluding carboxylic acids is 1. The normalized spacial score (nSPS) is 15.1. The van der Waals surface area contributed by atoms with Gasteiger partial charge >= 0.3 is 0 Å². The Morgan fingerprint density at radius 3 is 2.70 bits per heavy atom. The molecular weight excluding hydrogens is 485 g/mol. The Hall–Kier alpha value is -3.10. The van der Waals surface area contributed by atoms with Crippen LogP contribution in [0.2, 0.25) is 0 Å². The SMILES string of the molecule is O=C(NC1CCN(Cc2nc3ccccn3c2Br)CC1)c1ccc(-c2cccc(F)c2)nc1. The van der Waals surface area contributed by atoms with E-state index >= 15 is 0 Å². The first-order valence-electron chi connectivity index (χ1n) is 10.9. The summed E-state index contributed by atoms with van der Waals surface area (Å²) < 4.78 is 16.5. The fourth-order valence-electron chi connectivity index (χ4n) is 4.18. The van der Waals surface area contributed by atoms with Gasteiger partial charge in [0.1, 0.15) is 16.1 Å². The number of nitrogens with zero attached hydrogens (tertiary/aromatic N) is 4. The van der Waals surface area contributed by atoms with Gasteiger partial charge in [-0.3, -0.25) is 19.1 Å².